The van der Waals surface area contributed by atoms with E-state index in [9.17, 15) is 14.0 Å². The molecule has 0 spiro atoms. The second kappa shape index (κ2) is 7.27. The first-order valence-electron chi connectivity index (χ1n) is 7.30. The molecule has 1 N–H and O–H groups in total. The first-order valence-corrected chi connectivity index (χ1v) is 7.68. The van der Waals surface area contributed by atoms with E-state index in [1.807, 2.05) is 0 Å². The van der Waals surface area contributed by atoms with Gasteiger partial charge in [0.2, 0.25) is 0 Å². The number of esters is 1. The van der Waals surface area contributed by atoms with Gasteiger partial charge < -0.3 is 10.1 Å². The first kappa shape index (κ1) is 16.9. The predicted octanol–water partition coefficient (Wildman–Crippen LogP) is 3.82. The van der Waals surface area contributed by atoms with Crippen molar-refractivity contribution >= 4 is 40.1 Å². The molecular weight excluding hydrogens is 347 g/mol. The fraction of sp³-hybridized carbons (Fsp3) is 0.0556. The Hall–Kier alpha value is -2.99. The highest BCUT2D eigenvalue weighted by molar-refractivity contribution is 6.29. The minimum absolute atomic E-state index is 0.287. The lowest BCUT2D eigenvalue weighted by molar-refractivity contribution is -0.119. The number of nitrogens with zero attached hydrogens (tertiary/aromatic N) is 1. The number of amides is 1. The number of aromatic nitrogens is 1. The summed E-state index contributed by atoms with van der Waals surface area (Å²) in [4.78, 5) is 28.0. The number of benzene rings is 2. The van der Waals surface area contributed by atoms with E-state index < -0.39 is 24.3 Å². The fourth-order valence-corrected chi connectivity index (χ4v) is 2.36. The van der Waals surface area contributed by atoms with Crippen molar-refractivity contribution in [1.29, 1.82) is 0 Å². The number of hydrogen-bond donors (Lipinski definition) is 1. The van der Waals surface area contributed by atoms with Crippen molar-refractivity contribution in [2.24, 2.45) is 0 Å². The van der Waals surface area contributed by atoms with Crippen LogP contribution in [0.3, 0.4) is 0 Å². The minimum Gasteiger partial charge on any atom is -0.452 e. The molecule has 126 valence electrons. The van der Waals surface area contributed by atoms with Crippen LogP contribution in [0.15, 0.2) is 54.6 Å². The van der Waals surface area contributed by atoms with Gasteiger partial charge in [-0.2, -0.15) is 0 Å². The lowest BCUT2D eigenvalue weighted by Crippen LogP contribution is -2.21. The van der Waals surface area contributed by atoms with Crippen LogP contribution in [0.5, 0.6) is 0 Å². The molecule has 0 atom stereocenters. The summed E-state index contributed by atoms with van der Waals surface area (Å²) in [6.45, 7) is -0.480. The Labute approximate surface area is 147 Å². The number of anilines is 1. The molecule has 5 nitrogen and oxygen atoms in total. The highest BCUT2D eigenvalue weighted by atomic mass is 35.5. The summed E-state index contributed by atoms with van der Waals surface area (Å²) >= 11 is 5.81. The monoisotopic (exact) mass is 358 g/mol. The number of carbonyl (C=O) groups excluding carboxylic acids is 2. The van der Waals surface area contributed by atoms with Crippen LogP contribution in [-0.2, 0) is 9.53 Å². The van der Waals surface area contributed by atoms with Gasteiger partial charge in [-0.25, -0.2) is 14.2 Å². The molecule has 3 rings (SSSR count). The molecule has 0 fully saturated rings. The minimum atomic E-state index is -0.647. The normalized spacial score (nSPS) is 10.5. The molecule has 25 heavy (non-hydrogen) atoms. The molecule has 3 aromatic rings. The number of ether oxygens (including phenoxy) is 1. The topological polar surface area (TPSA) is 68.3 Å². The first-order chi connectivity index (χ1) is 12.0. The van der Waals surface area contributed by atoms with Crippen LogP contribution < -0.4 is 5.32 Å². The van der Waals surface area contributed by atoms with Gasteiger partial charge in [0.1, 0.15) is 11.0 Å². The van der Waals surface area contributed by atoms with E-state index in [1.54, 1.807) is 30.3 Å². The maximum atomic E-state index is 13.1. The summed E-state index contributed by atoms with van der Waals surface area (Å²) in [6.07, 6.45) is 0. The fourth-order valence-electron chi connectivity index (χ4n) is 2.21. The molecule has 7 heteroatoms. The molecule has 1 amide bonds. The van der Waals surface area contributed by atoms with Gasteiger partial charge in [0.15, 0.2) is 6.61 Å². The van der Waals surface area contributed by atoms with E-state index in [1.165, 1.54) is 24.3 Å². The Morgan fingerprint density at radius 1 is 1.12 bits per heavy atom. The van der Waals surface area contributed by atoms with Crippen LogP contribution in [0.1, 0.15) is 10.4 Å². The molecule has 0 unspecified atom stereocenters. The van der Waals surface area contributed by atoms with Gasteiger partial charge in [0, 0.05) is 11.1 Å². The number of fused-ring (bicyclic) bond motifs is 1. The molecule has 0 saturated heterocycles. The Morgan fingerprint density at radius 2 is 1.96 bits per heavy atom. The second-order valence-corrected chi connectivity index (χ2v) is 5.56. The number of halogens is 2. The molecule has 0 saturated carbocycles. The maximum absolute atomic E-state index is 13.1. The van der Waals surface area contributed by atoms with Crippen molar-refractivity contribution in [2.75, 3.05) is 11.9 Å². The van der Waals surface area contributed by atoms with Gasteiger partial charge in [-0.15, -0.1) is 0 Å². The van der Waals surface area contributed by atoms with Crippen molar-refractivity contribution in [3.63, 3.8) is 0 Å². The standard InChI is InChI=1S/C18H12ClFN2O3/c19-16-7-5-11-8-12(4-6-15(11)22-16)18(24)25-10-17(23)21-14-3-1-2-13(20)9-14/h1-9H,10H2,(H,21,23). The summed E-state index contributed by atoms with van der Waals surface area (Å²) in [6, 6.07) is 13.6. The van der Waals surface area contributed by atoms with Gasteiger partial charge in [0.05, 0.1) is 11.1 Å². The average molecular weight is 359 g/mol. The molecule has 0 aliphatic carbocycles. The zero-order chi connectivity index (χ0) is 17.8. The van der Waals surface area contributed by atoms with Gasteiger partial charge in [-0.3, -0.25) is 4.79 Å². The van der Waals surface area contributed by atoms with Crippen LogP contribution in [0.4, 0.5) is 10.1 Å². The Kier molecular flexibility index (Phi) is 4.90. The zero-order valence-corrected chi connectivity index (χ0v) is 13.6. The van der Waals surface area contributed by atoms with E-state index in [0.717, 1.165) is 5.39 Å². The molecule has 0 aliphatic heterocycles. The van der Waals surface area contributed by atoms with Crippen LogP contribution in [0, 0.1) is 5.82 Å². The molecule has 0 bridgehead atoms. The molecular formula is C18H12ClFN2O3. The predicted molar refractivity (Wildman–Crippen MR) is 92.1 cm³/mol. The molecule has 1 aromatic heterocycles. The molecule has 0 radical (unpaired) electrons. The van der Waals surface area contributed by atoms with Crippen molar-refractivity contribution < 1.29 is 18.7 Å². The maximum Gasteiger partial charge on any atom is 0.338 e. The average Bonchev–Trinajstić information content (AvgIpc) is 2.59. The van der Waals surface area contributed by atoms with Crippen LogP contribution in [0.25, 0.3) is 10.9 Å². The molecule has 2 aromatic carbocycles. The summed E-state index contributed by atoms with van der Waals surface area (Å²) in [7, 11) is 0. The lowest BCUT2D eigenvalue weighted by atomic mass is 10.1. The quantitative estimate of drug-likeness (QED) is 0.568. The van der Waals surface area contributed by atoms with Crippen molar-refractivity contribution in [2.45, 2.75) is 0 Å². The number of rotatable bonds is 4. The van der Waals surface area contributed by atoms with Crippen LogP contribution in [-0.4, -0.2) is 23.5 Å². The third kappa shape index (κ3) is 4.30. The molecule has 1 heterocycles. The van der Waals surface area contributed by atoms with Crippen LogP contribution in [0.2, 0.25) is 5.15 Å². The summed E-state index contributed by atoms with van der Waals surface area (Å²) in [5.41, 5.74) is 1.22. The Morgan fingerprint density at radius 3 is 2.76 bits per heavy atom. The van der Waals surface area contributed by atoms with E-state index >= 15 is 0 Å². The van der Waals surface area contributed by atoms with Gasteiger partial charge >= 0.3 is 5.97 Å². The number of hydrogen-bond acceptors (Lipinski definition) is 4. The van der Waals surface area contributed by atoms with Crippen molar-refractivity contribution in [1.82, 2.24) is 4.98 Å². The van der Waals surface area contributed by atoms with E-state index in [0.29, 0.717) is 10.7 Å². The SMILES string of the molecule is O=C(COC(=O)c1ccc2nc(Cl)ccc2c1)Nc1cccc(F)c1. The van der Waals surface area contributed by atoms with E-state index in [4.69, 9.17) is 16.3 Å². The highest BCUT2D eigenvalue weighted by Crippen LogP contribution is 2.17. The van der Waals surface area contributed by atoms with E-state index in [2.05, 4.69) is 10.3 Å². The number of carbonyl (C=O) groups is 2. The van der Waals surface area contributed by atoms with Gasteiger partial charge in [0.25, 0.3) is 5.91 Å². The van der Waals surface area contributed by atoms with Gasteiger partial charge in [-0.05, 0) is 48.5 Å². The third-order valence-electron chi connectivity index (χ3n) is 3.33. The zero-order valence-electron chi connectivity index (χ0n) is 12.8. The number of nitrogens with one attached hydrogen (secondary N) is 1. The summed E-state index contributed by atoms with van der Waals surface area (Å²) in [5, 5.41) is 3.53. The smallest absolute Gasteiger partial charge is 0.338 e. The molecule has 0 aliphatic rings. The second-order valence-electron chi connectivity index (χ2n) is 5.18. The third-order valence-corrected chi connectivity index (χ3v) is 3.54. The largest absolute Gasteiger partial charge is 0.452 e. The lowest BCUT2D eigenvalue weighted by Gasteiger charge is -2.07. The highest BCUT2D eigenvalue weighted by Gasteiger charge is 2.11. The Bertz CT molecular complexity index is 962. The Balaban J connectivity index is 1.62. The summed E-state index contributed by atoms with van der Waals surface area (Å²) in [5.74, 6) is -1.68. The van der Waals surface area contributed by atoms with Crippen molar-refractivity contribution in [3.8, 4) is 0 Å². The van der Waals surface area contributed by atoms with E-state index in [-0.39, 0.29) is 11.3 Å². The summed E-state index contributed by atoms with van der Waals surface area (Å²) < 4.78 is 18.0. The van der Waals surface area contributed by atoms with Crippen LogP contribution >= 0.6 is 11.6 Å². The number of pyridine rings is 1. The van der Waals surface area contributed by atoms with Crippen molar-refractivity contribution in [3.05, 3.63) is 71.1 Å². The van der Waals surface area contributed by atoms with Gasteiger partial charge in [-0.1, -0.05) is 17.7 Å².